The number of hydrogen-bond acceptors (Lipinski definition) is 4. The summed E-state index contributed by atoms with van der Waals surface area (Å²) < 4.78 is 1.95. The van der Waals surface area contributed by atoms with Crippen LogP contribution in [0.25, 0.3) is 0 Å². The minimum atomic E-state index is 0.245. The predicted molar refractivity (Wildman–Crippen MR) is 82.1 cm³/mol. The van der Waals surface area contributed by atoms with E-state index in [1.165, 1.54) is 0 Å². The molecule has 0 aromatic carbocycles. The maximum Gasteiger partial charge on any atom is 0.223 e. The van der Waals surface area contributed by atoms with E-state index >= 15 is 0 Å². The van der Waals surface area contributed by atoms with E-state index in [0.29, 0.717) is 6.42 Å². The highest BCUT2D eigenvalue weighted by Crippen LogP contribution is 2.20. The molecule has 3 rings (SSSR count). The first kappa shape index (κ1) is 14.3. The summed E-state index contributed by atoms with van der Waals surface area (Å²) in [4.78, 5) is 18.7. The van der Waals surface area contributed by atoms with Crippen molar-refractivity contribution in [2.24, 2.45) is 0 Å². The van der Waals surface area contributed by atoms with Crippen molar-refractivity contribution in [1.82, 2.24) is 19.7 Å². The Kier molecular flexibility index (Phi) is 4.34. The molecule has 1 aliphatic heterocycles. The second kappa shape index (κ2) is 6.39. The summed E-state index contributed by atoms with van der Waals surface area (Å²) in [6.45, 7) is 3.71. The van der Waals surface area contributed by atoms with Gasteiger partial charge in [-0.05, 0) is 31.7 Å². The fourth-order valence-corrected chi connectivity index (χ4v) is 3.47. The van der Waals surface area contributed by atoms with E-state index in [2.05, 4.69) is 10.1 Å². The van der Waals surface area contributed by atoms with Crippen LogP contribution in [0.5, 0.6) is 0 Å². The highest BCUT2D eigenvalue weighted by atomic mass is 32.1. The zero-order valence-corrected chi connectivity index (χ0v) is 13.1. The van der Waals surface area contributed by atoms with Gasteiger partial charge in [0.1, 0.15) is 0 Å². The summed E-state index contributed by atoms with van der Waals surface area (Å²) in [5.74, 6) is 0.245. The van der Waals surface area contributed by atoms with Gasteiger partial charge in [0.15, 0.2) is 0 Å². The number of likely N-dealkylation sites (tertiary alicyclic amines) is 1. The van der Waals surface area contributed by atoms with Gasteiger partial charge in [-0.3, -0.25) is 9.48 Å². The summed E-state index contributed by atoms with van der Waals surface area (Å²) in [5.41, 5.74) is 4.00. The SMILES string of the molecule is Cc1cnn(C[C@@H]2CCCN2C(=O)CCc2cscn2)c1. The van der Waals surface area contributed by atoms with Crippen LogP contribution in [0.15, 0.2) is 23.3 Å². The van der Waals surface area contributed by atoms with E-state index in [1.807, 2.05) is 39.8 Å². The van der Waals surface area contributed by atoms with E-state index in [4.69, 9.17) is 0 Å². The third kappa shape index (κ3) is 3.50. The molecule has 0 spiro atoms. The van der Waals surface area contributed by atoms with Crippen molar-refractivity contribution < 1.29 is 4.79 Å². The maximum atomic E-state index is 12.4. The van der Waals surface area contributed by atoms with E-state index in [9.17, 15) is 4.79 Å². The van der Waals surface area contributed by atoms with Crippen molar-refractivity contribution in [2.45, 2.75) is 45.2 Å². The number of carbonyl (C=O) groups is 1. The molecule has 1 saturated heterocycles. The molecule has 6 heteroatoms. The Morgan fingerprint density at radius 3 is 3.14 bits per heavy atom. The Morgan fingerprint density at radius 1 is 1.52 bits per heavy atom. The minimum absolute atomic E-state index is 0.245. The Labute approximate surface area is 128 Å². The van der Waals surface area contributed by atoms with Crippen LogP contribution in [-0.2, 0) is 17.8 Å². The number of thiazole rings is 1. The lowest BCUT2D eigenvalue weighted by Gasteiger charge is -2.24. The number of rotatable bonds is 5. The monoisotopic (exact) mass is 304 g/mol. The molecular formula is C15H20N4OS. The van der Waals surface area contributed by atoms with Crippen LogP contribution < -0.4 is 0 Å². The lowest BCUT2D eigenvalue weighted by Crippen LogP contribution is -2.38. The van der Waals surface area contributed by atoms with Crippen molar-refractivity contribution in [1.29, 1.82) is 0 Å². The van der Waals surface area contributed by atoms with Crippen LogP contribution in [-0.4, -0.2) is 38.2 Å². The van der Waals surface area contributed by atoms with Gasteiger partial charge < -0.3 is 4.90 Å². The number of aryl methyl sites for hydroxylation is 2. The minimum Gasteiger partial charge on any atom is -0.338 e. The van der Waals surface area contributed by atoms with Crippen LogP contribution in [0.2, 0.25) is 0 Å². The molecule has 1 amide bonds. The maximum absolute atomic E-state index is 12.4. The Morgan fingerprint density at radius 2 is 2.43 bits per heavy atom. The third-order valence-electron chi connectivity index (χ3n) is 3.94. The molecule has 1 fully saturated rings. The molecule has 112 valence electrons. The Bertz CT molecular complexity index is 593. The molecule has 21 heavy (non-hydrogen) atoms. The van der Waals surface area contributed by atoms with Crippen molar-refractivity contribution in [3.05, 3.63) is 34.5 Å². The van der Waals surface area contributed by atoms with E-state index in [1.54, 1.807) is 11.3 Å². The summed E-state index contributed by atoms with van der Waals surface area (Å²) in [7, 11) is 0. The molecule has 2 aromatic heterocycles. The van der Waals surface area contributed by atoms with E-state index in [-0.39, 0.29) is 11.9 Å². The third-order valence-corrected chi connectivity index (χ3v) is 4.57. The molecule has 0 aliphatic carbocycles. The number of hydrogen-bond donors (Lipinski definition) is 0. The lowest BCUT2D eigenvalue weighted by atomic mass is 10.2. The van der Waals surface area contributed by atoms with Crippen LogP contribution in [0.1, 0.15) is 30.5 Å². The molecule has 5 nitrogen and oxygen atoms in total. The fourth-order valence-electron chi connectivity index (χ4n) is 2.88. The molecule has 1 aliphatic rings. The highest BCUT2D eigenvalue weighted by molar-refractivity contribution is 7.07. The first-order valence-electron chi connectivity index (χ1n) is 7.38. The number of aromatic nitrogens is 3. The average molecular weight is 304 g/mol. The molecule has 0 saturated carbocycles. The molecular weight excluding hydrogens is 284 g/mol. The predicted octanol–water partition coefficient (Wildman–Crippen LogP) is 2.27. The van der Waals surface area contributed by atoms with Crippen molar-refractivity contribution in [3.63, 3.8) is 0 Å². The first-order valence-corrected chi connectivity index (χ1v) is 8.32. The summed E-state index contributed by atoms with van der Waals surface area (Å²) >= 11 is 1.58. The van der Waals surface area contributed by atoms with Crippen molar-refractivity contribution in [2.75, 3.05) is 6.54 Å². The molecule has 0 bridgehead atoms. The second-order valence-electron chi connectivity index (χ2n) is 5.60. The molecule has 3 heterocycles. The largest absolute Gasteiger partial charge is 0.338 e. The van der Waals surface area contributed by atoms with Crippen LogP contribution in [0.3, 0.4) is 0 Å². The average Bonchev–Trinajstić information content (AvgIpc) is 3.19. The van der Waals surface area contributed by atoms with Gasteiger partial charge in [-0.2, -0.15) is 5.10 Å². The highest BCUT2D eigenvalue weighted by Gasteiger charge is 2.28. The van der Waals surface area contributed by atoms with E-state index in [0.717, 1.165) is 43.6 Å². The van der Waals surface area contributed by atoms with Crippen LogP contribution in [0.4, 0.5) is 0 Å². The van der Waals surface area contributed by atoms with Gasteiger partial charge in [-0.25, -0.2) is 4.98 Å². The standard InChI is InChI=1S/C15H20N4OS/c1-12-7-17-18(8-12)9-14-3-2-6-19(14)15(20)5-4-13-10-21-11-16-13/h7-8,10-11,14H,2-6,9H2,1H3/t14-/m0/s1. The first-order chi connectivity index (χ1) is 10.2. The zero-order chi connectivity index (χ0) is 14.7. The fraction of sp³-hybridized carbons (Fsp3) is 0.533. The quantitative estimate of drug-likeness (QED) is 0.851. The second-order valence-corrected chi connectivity index (χ2v) is 6.32. The molecule has 0 unspecified atom stereocenters. The lowest BCUT2D eigenvalue weighted by molar-refractivity contribution is -0.132. The summed E-state index contributed by atoms with van der Waals surface area (Å²) in [6, 6.07) is 0.284. The molecule has 2 aromatic rings. The van der Waals surface area contributed by atoms with Crippen LogP contribution in [0, 0.1) is 6.92 Å². The van der Waals surface area contributed by atoms with Gasteiger partial charge in [-0.15, -0.1) is 11.3 Å². The Balaban J connectivity index is 1.56. The topological polar surface area (TPSA) is 51.0 Å². The summed E-state index contributed by atoms with van der Waals surface area (Å²) in [5, 5.41) is 6.34. The normalized spacial score (nSPS) is 18.3. The number of amides is 1. The van der Waals surface area contributed by atoms with E-state index < -0.39 is 0 Å². The van der Waals surface area contributed by atoms with Gasteiger partial charge in [0.2, 0.25) is 5.91 Å². The molecule has 0 radical (unpaired) electrons. The van der Waals surface area contributed by atoms with Crippen LogP contribution >= 0.6 is 11.3 Å². The number of nitrogens with zero attached hydrogens (tertiary/aromatic N) is 4. The van der Waals surface area contributed by atoms with Gasteiger partial charge in [-0.1, -0.05) is 0 Å². The molecule has 1 atom stereocenters. The smallest absolute Gasteiger partial charge is 0.223 e. The van der Waals surface area contributed by atoms with Crippen molar-refractivity contribution in [3.8, 4) is 0 Å². The van der Waals surface area contributed by atoms with Crippen molar-refractivity contribution >= 4 is 17.2 Å². The number of carbonyl (C=O) groups excluding carboxylic acids is 1. The molecule has 0 N–H and O–H groups in total. The Hall–Kier alpha value is -1.69. The summed E-state index contributed by atoms with van der Waals surface area (Å²) in [6.07, 6.45) is 7.36. The van der Waals surface area contributed by atoms with Gasteiger partial charge in [0.25, 0.3) is 0 Å². The van der Waals surface area contributed by atoms with Gasteiger partial charge in [0.05, 0.1) is 30.0 Å². The van der Waals surface area contributed by atoms with Gasteiger partial charge >= 0.3 is 0 Å². The van der Waals surface area contributed by atoms with Gasteiger partial charge in [0, 0.05) is 24.5 Å². The zero-order valence-electron chi connectivity index (χ0n) is 12.2.